The molecule has 28 heteroatoms. The van der Waals surface area contributed by atoms with Crippen molar-refractivity contribution in [3.8, 4) is 34.5 Å². The lowest BCUT2D eigenvalue weighted by Gasteiger charge is -2.49. The normalized spacial score (nSPS) is 24.2. The van der Waals surface area contributed by atoms with Crippen LogP contribution in [0, 0.1) is 48.2 Å². The van der Waals surface area contributed by atoms with Gasteiger partial charge in [-0.25, -0.2) is 29.6 Å². The maximum atomic E-state index is 14.3. The van der Waals surface area contributed by atoms with Crippen LogP contribution in [0.1, 0.15) is 221 Å². The van der Waals surface area contributed by atoms with E-state index in [9.17, 15) is 60.3 Å². The van der Waals surface area contributed by atoms with E-state index >= 15 is 0 Å². The highest BCUT2D eigenvalue weighted by atomic mass is 32.2. The Hall–Kier alpha value is -8.14. The van der Waals surface area contributed by atoms with Crippen molar-refractivity contribution in [2.45, 2.75) is 210 Å². The fourth-order valence-corrected chi connectivity index (χ4v) is 27.6. The van der Waals surface area contributed by atoms with Crippen LogP contribution in [0.15, 0.2) is 131 Å². The van der Waals surface area contributed by atoms with Gasteiger partial charge in [0.15, 0.2) is 34.5 Å². The molecule has 0 radical (unpaired) electrons. The number of hydrogen-bond donors (Lipinski definition) is 6. The van der Waals surface area contributed by atoms with Crippen LogP contribution < -0.4 is 28.4 Å². The Labute approximate surface area is 762 Å². The van der Waals surface area contributed by atoms with Crippen LogP contribution in [0.3, 0.4) is 0 Å². The Kier molecular flexibility index (Phi) is 30.2. The molecular formula is C101H131FN6O18S3. The van der Waals surface area contributed by atoms with Crippen molar-refractivity contribution in [3.63, 3.8) is 0 Å². The summed E-state index contributed by atoms with van der Waals surface area (Å²) in [5, 5.41) is 59.7. The van der Waals surface area contributed by atoms with Crippen LogP contribution in [0.5, 0.6) is 34.5 Å². The van der Waals surface area contributed by atoms with Crippen LogP contribution in [-0.2, 0) is 108 Å². The van der Waals surface area contributed by atoms with Gasteiger partial charge in [-0.3, -0.25) is 14.7 Å². The minimum atomic E-state index is -3.94. The van der Waals surface area contributed by atoms with Crippen molar-refractivity contribution >= 4 is 30.1 Å². The lowest BCUT2D eigenvalue weighted by molar-refractivity contribution is 0.0386. The number of nitrogens with zero attached hydrogens (tertiary/aromatic N) is 6. The summed E-state index contributed by atoms with van der Waals surface area (Å²) in [6.07, 6.45) is 13.6. The van der Waals surface area contributed by atoms with Gasteiger partial charge >= 0.3 is 0 Å². The Morgan fingerprint density at radius 1 is 0.333 bits per heavy atom. The summed E-state index contributed by atoms with van der Waals surface area (Å²) in [4.78, 5) is 8.10. The highest BCUT2D eigenvalue weighted by molar-refractivity contribution is 7.89. The second kappa shape index (κ2) is 40.7. The van der Waals surface area contributed by atoms with Gasteiger partial charge in [0, 0.05) is 77.0 Å². The maximum absolute atomic E-state index is 14.3. The van der Waals surface area contributed by atoms with Crippen LogP contribution in [0.4, 0.5) is 4.39 Å². The van der Waals surface area contributed by atoms with Gasteiger partial charge in [-0.2, -0.15) is 12.9 Å². The summed E-state index contributed by atoms with van der Waals surface area (Å²) in [7, 11) is -1.45. The third-order valence-electron chi connectivity index (χ3n) is 30.3. The molecule has 129 heavy (non-hydrogen) atoms. The number of aliphatic hydroxyl groups excluding tert-OH is 6. The van der Waals surface area contributed by atoms with Crippen molar-refractivity contribution in [2.75, 3.05) is 108 Å². The molecule has 8 aromatic rings. The Morgan fingerprint density at radius 3 is 0.868 bits per heavy atom. The molecule has 9 aliphatic heterocycles. The molecule has 9 heterocycles. The molecule has 0 amide bonds. The number of fused-ring (bicyclic) bond motifs is 12. The van der Waals surface area contributed by atoms with Crippen molar-refractivity contribution in [2.24, 2.45) is 35.5 Å². The molecule has 24 nitrogen and oxygen atoms in total. The minimum absolute atomic E-state index is 0.0747. The standard InChI is InChI=1S/C36H46N2O6S.C35H43FN2O6S.C30H42N2O6S/c1-5-24-20-37-12-10-25-14-28(21-39)29(22-40)15-31(25)33(37)16-27(24)17-34-32-19-36(44-4)35(43-3)18-26(32)11-13-38(34)45(41,42)30-8-6-23(2)7-9-30;1-4-22-19-37-11-9-23-13-26(20-39)27(21-40)14-30(23)32(37)15-25(22)16-33-31-18-35(44-3)34(43-2)17-24(31)10-12-38(33)45(41,42)29-7-5-28(36)6-8-29;1-5-19-16-31-8-6-20-10-23(17-33)24(18-34)11-25(20)27(31)12-22(19)13-28-26-15-30(38-3)29(37-2)14-21(26)7-9-32(28)39(4,35)36/h6-9,14-15,18-19,24,27,33-34,39-40H,5,10-13,16-17,20-22H2,1-4H3;5-8,13-14,17-18,22,25,32-33,39-40H,4,9-12,15-16,19-21H2,1-3H3;10-11,14-15,19,22,27-28,33-34H,5-9,12-13,16-18H2,1-4H3. The Balaban J connectivity index is 0.000000149. The van der Waals surface area contributed by atoms with E-state index in [1.165, 1.54) is 63.9 Å². The molecule has 6 N–H and O–H groups in total. The fraction of sp³-hybridized carbons (Fsp3) is 0.525. The van der Waals surface area contributed by atoms with Crippen molar-refractivity contribution in [1.29, 1.82) is 0 Å². The highest BCUT2D eigenvalue weighted by Gasteiger charge is 2.49. The largest absolute Gasteiger partial charge is 0.493 e. The number of ether oxygens (including phenoxy) is 6. The number of halogens is 1. The second-order valence-corrected chi connectivity index (χ2v) is 42.5. The third-order valence-corrected chi connectivity index (χ3v) is 35.4. The predicted molar refractivity (Wildman–Crippen MR) is 493 cm³/mol. The van der Waals surface area contributed by atoms with Gasteiger partial charge in [-0.15, -0.1) is 0 Å². The van der Waals surface area contributed by atoms with Gasteiger partial charge in [-0.05, 0) is 292 Å². The molecule has 0 aromatic heterocycles. The van der Waals surface area contributed by atoms with E-state index in [2.05, 4.69) is 65.8 Å². The lowest BCUT2D eigenvalue weighted by atomic mass is 9.72. The van der Waals surface area contributed by atoms with E-state index in [0.29, 0.717) is 115 Å². The molecule has 0 saturated carbocycles. The van der Waals surface area contributed by atoms with E-state index in [-0.39, 0.29) is 86.6 Å². The quantitative estimate of drug-likeness (QED) is 0.0293. The third kappa shape index (κ3) is 19.3. The number of aliphatic hydroxyl groups is 6. The summed E-state index contributed by atoms with van der Waals surface area (Å²) in [6, 6.07) is 36.1. The first-order valence-corrected chi connectivity index (χ1v) is 50.8. The zero-order valence-corrected chi connectivity index (χ0v) is 79.0. The molecule has 12 atom stereocenters. The lowest BCUT2D eigenvalue weighted by Crippen LogP contribution is -2.47. The maximum Gasteiger partial charge on any atom is 0.243 e. The van der Waals surface area contributed by atoms with Gasteiger partial charge < -0.3 is 59.1 Å². The van der Waals surface area contributed by atoms with Gasteiger partial charge in [0.25, 0.3) is 0 Å². The number of methoxy groups -OCH3 is 6. The smallest absolute Gasteiger partial charge is 0.243 e. The molecule has 8 aromatic carbocycles. The summed E-state index contributed by atoms with van der Waals surface area (Å²) < 4.78 is 136. The van der Waals surface area contributed by atoms with Crippen molar-refractivity contribution in [3.05, 3.63) is 233 Å². The predicted octanol–water partition coefficient (Wildman–Crippen LogP) is 14.1. The Morgan fingerprint density at radius 2 is 0.589 bits per heavy atom. The van der Waals surface area contributed by atoms with Crippen molar-refractivity contribution < 1.29 is 88.7 Å². The van der Waals surface area contributed by atoms with E-state index in [1.54, 1.807) is 67.7 Å². The van der Waals surface area contributed by atoms with Gasteiger partial charge in [0.2, 0.25) is 30.1 Å². The molecule has 9 aliphatic rings. The van der Waals surface area contributed by atoms with Crippen molar-refractivity contribution in [1.82, 2.24) is 27.6 Å². The molecule has 0 bridgehead atoms. The SMILES string of the molecule is CCC1CN2CCc3cc(CO)c(CO)cc3C2CC1CC1c2cc(OC)c(OC)cc2CCN1S(=O)(=O)c1ccc(C)cc1.CCC1CN2CCc3cc(CO)c(CO)cc3C2CC1CC1c2cc(OC)c(OC)cc2CCN1S(=O)(=O)c1ccc(F)cc1.CCC1CN2CCc3cc(CO)c(CO)cc3C2CC1CC1c2cc(OC)c(OC)cc2CCN1S(C)(=O)=O. The van der Waals surface area contributed by atoms with E-state index < -0.39 is 41.9 Å². The number of rotatable bonds is 26. The number of hydrogen-bond acceptors (Lipinski definition) is 21. The summed E-state index contributed by atoms with van der Waals surface area (Å²) in [6.45, 7) is 14.9. The molecular weight excluding hydrogens is 1700 g/mol. The molecule has 3 saturated heterocycles. The first kappa shape index (κ1) is 95.5. The zero-order valence-electron chi connectivity index (χ0n) is 76.6. The molecule has 0 spiro atoms. The average Bonchev–Trinajstić information content (AvgIpc) is 0.745. The first-order chi connectivity index (χ1) is 62.1. The number of piperidine rings is 3. The van der Waals surface area contributed by atoms with E-state index in [0.717, 1.165) is 176 Å². The van der Waals surface area contributed by atoms with Crippen LogP contribution in [0.2, 0.25) is 0 Å². The van der Waals surface area contributed by atoms with Crippen LogP contribution in [0.25, 0.3) is 0 Å². The van der Waals surface area contributed by atoms with Gasteiger partial charge in [0.1, 0.15) is 5.82 Å². The molecule has 3 fully saturated rings. The summed E-state index contributed by atoms with van der Waals surface area (Å²) in [5.74, 6) is 5.32. The molecule has 17 rings (SSSR count). The molecule has 12 unspecified atom stereocenters. The van der Waals surface area contributed by atoms with Crippen LogP contribution in [-0.4, -0.2) is 191 Å². The Bertz CT molecular complexity index is 5450. The minimum Gasteiger partial charge on any atom is -0.493 e. The zero-order chi connectivity index (χ0) is 91.7. The summed E-state index contributed by atoms with van der Waals surface area (Å²) in [5.41, 5.74) is 19.3. The van der Waals surface area contributed by atoms with Crippen LogP contribution >= 0.6 is 0 Å². The fourth-order valence-electron chi connectivity index (χ4n) is 23.3. The van der Waals surface area contributed by atoms with Gasteiger partial charge in [0.05, 0.1) is 116 Å². The second-order valence-electron chi connectivity index (χ2n) is 36.8. The average molecular weight is 1830 g/mol. The molecule has 0 aliphatic carbocycles. The highest BCUT2D eigenvalue weighted by Crippen LogP contribution is 2.55. The number of benzene rings is 8. The number of sulfonamides is 3. The molecule has 698 valence electrons. The number of aryl methyl sites for hydroxylation is 1. The van der Waals surface area contributed by atoms with E-state index in [1.807, 2.05) is 61.5 Å². The topological polar surface area (TPSA) is 299 Å². The first-order valence-electron chi connectivity index (χ1n) is 46.0. The monoisotopic (exact) mass is 1830 g/mol. The van der Waals surface area contributed by atoms with E-state index in [4.69, 9.17) is 28.4 Å². The van der Waals surface area contributed by atoms with Gasteiger partial charge in [-0.1, -0.05) is 94.1 Å². The summed E-state index contributed by atoms with van der Waals surface area (Å²) >= 11 is 0.